The summed E-state index contributed by atoms with van der Waals surface area (Å²) in [6, 6.07) is 0. The van der Waals surface area contributed by atoms with Crippen LogP contribution in [0.1, 0.15) is 33.6 Å². The van der Waals surface area contributed by atoms with Crippen LogP contribution in [0, 0.1) is 26.1 Å². The highest BCUT2D eigenvalue weighted by molar-refractivity contribution is 4.65. The van der Waals surface area contributed by atoms with Gasteiger partial charge < -0.3 is 9.68 Å². The molecule has 0 aliphatic heterocycles. The predicted octanol–water partition coefficient (Wildman–Crippen LogP) is 1.60. The van der Waals surface area contributed by atoms with Crippen LogP contribution in [0.4, 0.5) is 0 Å². The van der Waals surface area contributed by atoms with Gasteiger partial charge in [-0.1, -0.05) is 13.8 Å². The van der Waals surface area contributed by atoms with Gasteiger partial charge in [0.1, 0.15) is 12.2 Å². The lowest BCUT2D eigenvalue weighted by atomic mass is 10.0. The summed E-state index contributed by atoms with van der Waals surface area (Å²) in [5.41, 5.74) is 0. The van der Waals surface area contributed by atoms with Gasteiger partial charge in [0, 0.05) is 0 Å². The summed E-state index contributed by atoms with van der Waals surface area (Å²) in [4.78, 5) is 28.9. The molecule has 0 aliphatic carbocycles. The maximum absolute atomic E-state index is 10.2. The van der Waals surface area contributed by atoms with Gasteiger partial charge in [0.05, 0.1) is 0 Å². The van der Waals surface area contributed by atoms with E-state index < -0.39 is 22.4 Å². The molecular weight excluding hydrogens is 220 g/mol. The van der Waals surface area contributed by atoms with E-state index in [1.54, 1.807) is 0 Å². The molecule has 0 amide bonds. The van der Waals surface area contributed by atoms with Crippen molar-refractivity contribution in [1.82, 2.24) is 0 Å². The number of hydrogen-bond donors (Lipinski definition) is 0. The molecule has 0 heterocycles. The van der Waals surface area contributed by atoms with Gasteiger partial charge >= 0.3 is 0 Å². The topological polar surface area (TPSA) is 105 Å². The molecular formula is C8H16N2O6. The fourth-order valence-corrected chi connectivity index (χ4v) is 1.18. The van der Waals surface area contributed by atoms with E-state index in [-0.39, 0.29) is 0 Å². The molecule has 0 fully saturated rings. The van der Waals surface area contributed by atoms with Crippen molar-refractivity contribution in [2.75, 3.05) is 0 Å². The Kier molecular flexibility index (Phi) is 6.12. The highest BCUT2D eigenvalue weighted by Crippen LogP contribution is 2.14. The molecule has 0 saturated carbocycles. The molecule has 0 saturated heterocycles. The summed E-state index contributed by atoms with van der Waals surface area (Å²) in [6.07, 6.45) is -0.862. The molecule has 0 aromatic carbocycles. The van der Waals surface area contributed by atoms with Crippen molar-refractivity contribution in [2.45, 2.75) is 45.8 Å². The van der Waals surface area contributed by atoms with Crippen LogP contribution in [0.2, 0.25) is 0 Å². The van der Waals surface area contributed by atoms with Crippen molar-refractivity contribution in [3.05, 3.63) is 20.2 Å². The predicted molar refractivity (Wildman–Crippen MR) is 53.5 cm³/mol. The Morgan fingerprint density at radius 1 is 1.00 bits per heavy atom. The van der Waals surface area contributed by atoms with E-state index >= 15 is 0 Å². The van der Waals surface area contributed by atoms with E-state index in [4.69, 9.17) is 0 Å². The third-order valence-corrected chi connectivity index (χ3v) is 2.03. The van der Waals surface area contributed by atoms with E-state index in [0.29, 0.717) is 18.8 Å². The van der Waals surface area contributed by atoms with Gasteiger partial charge in [-0.3, -0.25) is 0 Å². The molecule has 0 N–H and O–H groups in total. The standard InChI is InChI=1S/C8H16N2O6/c1-6(2)4-5-8(16-10(13)14)7(3)15-9(11)12/h6-8H,4-5H2,1-3H3/t7-,8+/m0/s1. The fourth-order valence-electron chi connectivity index (χ4n) is 1.18. The summed E-state index contributed by atoms with van der Waals surface area (Å²) in [6.45, 7) is 5.27. The number of hydrogen-bond acceptors (Lipinski definition) is 6. The molecule has 0 rings (SSSR count). The zero-order valence-electron chi connectivity index (χ0n) is 9.49. The van der Waals surface area contributed by atoms with Crippen LogP contribution in [0.5, 0.6) is 0 Å². The third-order valence-electron chi connectivity index (χ3n) is 2.03. The summed E-state index contributed by atoms with van der Waals surface area (Å²) >= 11 is 0. The van der Waals surface area contributed by atoms with Crippen LogP contribution in [0.15, 0.2) is 0 Å². The zero-order valence-corrected chi connectivity index (χ0v) is 9.49. The number of nitrogens with zero attached hydrogens (tertiary/aromatic N) is 2. The van der Waals surface area contributed by atoms with E-state index in [0.717, 1.165) is 0 Å². The lowest BCUT2D eigenvalue weighted by Crippen LogP contribution is -2.33. The minimum atomic E-state index is -0.976. The summed E-state index contributed by atoms with van der Waals surface area (Å²) in [7, 11) is 0. The normalized spacial score (nSPS) is 14.2. The van der Waals surface area contributed by atoms with Gasteiger partial charge in [0.15, 0.2) is 0 Å². The molecule has 94 valence electrons. The molecule has 16 heavy (non-hydrogen) atoms. The largest absolute Gasteiger partial charge is 0.309 e. The smallest absolute Gasteiger partial charge is 0.294 e. The maximum Gasteiger partial charge on any atom is 0.294 e. The minimum Gasteiger partial charge on any atom is -0.309 e. The fraction of sp³-hybridized carbons (Fsp3) is 1.00. The lowest BCUT2D eigenvalue weighted by Gasteiger charge is -2.20. The monoisotopic (exact) mass is 236 g/mol. The molecule has 8 nitrogen and oxygen atoms in total. The molecule has 0 unspecified atom stereocenters. The van der Waals surface area contributed by atoms with Crippen LogP contribution in [-0.4, -0.2) is 22.4 Å². The molecule has 0 aromatic rings. The van der Waals surface area contributed by atoms with Crippen LogP contribution in [-0.2, 0) is 9.68 Å². The first-order chi connectivity index (χ1) is 7.32. The van der Waals surface area contributed by atoms with Crippen molar-refractivity contribution in [3.63, 3.8) is 0 Å². The Balaban J connectivity index is 4.28. The second-order valence-electron chi connectivity index (χ2n) is 3.87. The van der Waals surface area contributed by atoms with E-state index in [9.17, 15) is 20.2 Å². The van der Waals surface area contributed by atoms with Crippen LogP contribution in [0.25, 0.3) is 0 Å². The van der Waals surface area contributed by atoms with Crippen molar-refractivity contribution >= 4 is 0 Å². The van der Waals surface area contributed by atoms with E-state index in [2.05, 4.69) is 9.68 Å². The van der Waals surface area contributed by atoms with Gasteiger partial charge in [-0.2, -0.15) is 0 Å². The highest BCUT2D eigenvalue weighted by atomic mass is 17.0. The zero-order chi connectivity index (χ0) is 12.7. The van der Waals surface area contributed by atoms with Crippen molar-refractivity contribution in [3.8, 4) is 0 Å². The molecule has 0 spiro atoms. The third kappa shape index (κ3) is 6.80. The summed E-state index contributed by atoms with van der Waals surface area (Å²) in [5, 5.41) is 18.4. The minimum absolute atomic E-state index is 0.334. The van der Waals surface area contributed by atoms with Crippen molar-refractivity contribution in [2.24, 2.45) is 5.92 Å². The van der Waals surface area contributed by atoms with Crippen LogP contribution >= 0.6 is 0 Å². The van der Waals surface area contributed by atoms with Gasteiger partial charge in [0.2, 0.25) is 0 Å². The average molecular weight is 236 g/mol. The van der Waals surface area contributed by atoms with E-state index in [1.165, 1.54) is 6.92 Å². The first kappa shape index (κ1) is 14.4. The second-order valence-corrected chi connectivity index (χ2v) is 3.87. The molecule has 2 atom stereocenters. The van der Waals surface area contributed by atoms with Gasteiger partial charge in [-0.05, 0) is 25.7 Å². The van der Waals surface area contributed by atoms with Gasteiger partial charge in [-0.15, -0.1) is 20.2 Å². The Morgan fingerprint density at radius 3 is 1.88 bits per heavy atom. The first-order valence-electron chi connectivity index (χ1n) is 4.95. The Bertz CT molecular complexity index is 245. The van der Waals surface area contributed by atoms with E-state index in [1.807, 2.05) is 13.8 Å². The molecule has 0 aliphatic rings. The quantitative estimate of drug-likeness (QED) is 0.468. The highest BCUT2D eigenvalue weighted by Gasteiger charge is 2.24. The molecule has 0 bridgehead atoms. The lowest BCUT2D eigenvalue weighted by molar-refractivity contribution is -0.798. The first-order valence-corrected chi connectivity index (χ1v) is 4.95. The average Bonchev–Trinajstić information content (AvgIpc) is 2.09. The van der Waals surface area contributed by atoms with Crippen LogP contribution in [0.3, 0.4) is 0 Å². The molecule has 8 heteroatoms. The van der Waals surface area contributed by atoms with Crippen molar-refractivity contribution < 1.29 is 19.8 Å². The Labute approximate surface area is 92.7 Å². The SMILES string of the molecule is CC(C)CC[C@@H](O[N+](=O)[O-])[C@H](C)O[N+](=O)[O-]. The Hall–Kier alpha value is -1.60. The summed E-state index contributed by atoms with van der Waals surface area (Å²) < 4.78 is 0. The summed E-state index contributed by atoms with van der Waals surface area (Å²) in [5.74, 6) is 0.334. The van der Waals surface area contributed by atoms with Gasteiger partial charge in [-0.25, -0.2) is 0 Å². The van der Waals surface area contributed by atoms with Crippen LogP contribution < -0.4 is 0 Å². The van der Waals surface area contributed by atoms with Gasteiger partial charge in [0.25, 0.3) is 10.2 Å². The molecule has 0 radical (unpaired) electrons. The number of rotatable bonds is 8. The Morgan fingerprint density at radius 2 is 1.50 bits per heavy atom. The maximum atomic E-state index is 10.2. The molecule has 0 aromatic heterocycles. The van der Waals surface area contributed by atoms with Crippen molar-refractivity contribution in [1.29, 1.82) is 0 Å². The second kappa shape index (κ2) is 6.81.